The molecule has 0 saturated carbocycles. The topological polar surface area (TPSA) is 61.6 Å². The summed E-state index contributed by atoms with van der Waals surface area (Å²) in [6.07, 6.45) is 2.71. The number of hydrogen-bond acceptors (Lipinski definition) is 4. The molecule has 2 bridgehead atoms. The predicted octanol–water partition coefficient (Wildman–Crippen LogP) is 2.79. The maximum atomic E-state index is 12.6. The fraction of sp³-hybridized carbons (Fsp3) is 0.458. The third-order valence-corrected chi connectivity index (χ3v) is 6.49. The third kappa shape index (κ3) is 4.98. The van der Waals surface area contributed by atoms with Gasteiger partial charge in [-0.15, -0.1) is 0 Å². The molecule has 2 atom stereocenters. The zero-order chi connectivity index (χ0) is 20.1. The number of hydrogen-bond donors (Lipinski definition) is 1. The summed E-state index contributed by atoms with van der Waals surface area (Å²) in [4.78, 5) is 12.6. The third-order valence-electron chi connectivity index (χ3n) is 6.49. The van der Waals surface area contributed by atoms with E-state index in [0.717, 1.165) is 54.8 Å². The Morgan fingerprint density at radius 1 is 1.03 bits per heavy atom. The van der Waals surface area contributed by atoms with Crippen LogP contribution in [0.15, 0.2) is 60.7 Å². The van der Waals surface area contributed by atoms with Crippen LogP contribution in [0.4, 0.5) is 0 Å². The zero-order valence-electron chi connectivity index (χ0n) is 16.9. The van der Waals surface area contributed by atoms with E-state index in [4.69, 9.17) is 15.2 Å². The number of carbonyl (C=O) groups is 1. The molecule has 0 radical (unpaired) electrons. The first-order chi connectivity index (χ1) is 14.1. The second-order valence-electron chi connectivity index (χ2n) is 8.47. The molecule has 0 aliphatic carbocycles. The quantitative estimate of drug-likeness (QED) is 0.552. The van der Waals surface area contributed by atoms with Crippen molar-refractivity contribution in [1.29, 1.82) is 0 Å². The van der Waals surface area contributed by atoms with Crippen molar-refractivity contribution in [3.05, 3.63) is 66.2 Å². The van der Waals surface area contributed by atoms with E-state index in [0.29, 0.717) is 18.9 Å². The SMILES string of the molecule is NC(Cc1ccccc1)C(=O)OC1C[N+]2(CCOc3ccccc3)CCC1CC2. The Kier molecular flexibility index (Phi) is 6.16. The van der Waals surface area contributed by atoms with Crippen molar-refractivity contribution < 1.29 is 18.8 Å². The van der Waals surface area contributed by atoms with Gasteiger partial charge in [0.25, 0.3) is 0 Å². The van der Waals surface area contributed by atoms with Crippen molar-refractivity contribution in [2.45, 2.75) is 31.4 Å². The van der Waals surface area contributed by atoms with E-state index >= 15 is 0 Å². The van der Waals surface area contributed by atoms with Gasteiger partial charge in [0.2, 0.25) is 0 Å². The first-order valence-corrected chi connectivity index (χ1v) is 10.7. The highest BCUT2D eigenvalue weighted by Gasteiger charge is 2.47. The minimum atomic E-state index is -0.609. The molecule has 2 N–H and O–H groups in total. The molecule has 0 spiro atoms. The summed E-state index contributed by atoms with van der Waals surface area (Å²) >= 11 is 0. The number of quaternary nitrogens is 1. The van der Waals surface area contributed by atoms with Gasteiger partial charge in [0.15, 0.2) is 6.10 Å². The Morgan fingerprint density at radius 3 is 2.38 bits per heavy atom. The van der Waals surface area contributed by atoms with Crippen LogP contribution in [-0.2, 0) is 16.0 Å². The van der Waals surface area contributed by atoms with E-state index in [-0.39, 0.29) is 12.1 Å². The Labute approximate surface area is 173 Å². The van der Waals surface area contributed by atoms with Crippen LogP contribution in [0, 0.1) is 5.92 Å². The van der Waals surface area contributed by atoms with Crippen LogP contribution >= 0.6 is 0 Å². The molecule has 2 unspecified atom stereocenters. The Hall–Kier alpha value is -2.37. The van der Waals surface area contributed by atoms with Crippen molar-refractivity contribution in [3.8, 4) is 5.75 Å². The van der Waals surface area contributed by atoms with Gasteiger partial charge in [-0.1, -0.05) is 48.5 Å². The van der Waals surface area contributed by atoms with Gasteiger partial charge < -0.3 is 19.7 Å². The molecule has 154 valence electrons. The first kappa shape index (κ1) is 19.9. The number of fused-ring (bicyclic) bond motifs is 3. The second-order valence-corrected chi connectivity index (χ2v) is 8.47. The van der Waals surface area contributed by atoms with E-state index in [1.54, 1.807) is 0 Å². The average molecular weight is 396 g/mol. The van der Waals surface area contributed by atoms with Crippen molar-refractivity contribution in [1.82, 2.24) is 0 Å². The van der Waals surface area contributed by atoms with E-state index in [1.807, 2.05) is 60.7 Å². The number of rotatable bonds is 8. The summed E-state index contributed by atoms with van der Waals surface area (Å²) in [7, 11) is 0. The van der Waals surface area contributed by atoms with Crippen LogP contribution in [0.1, 0.15) is 18.4 Å². The summed E-state index contributed by atoms with van der Waals surface area (Å²) in [5.41, 5.74) is 7.20. The molecular weight excluding hydrogens is 364 g/mol. The number of para-hydroxylation sites is 1. The standard InChI is InChI=1S/C24H31N2O3/c25-22(17-19-7-3-1-4-8-19)24(27)29-23-18-26(13-11-20(23)12-14-26)15-16-28-21-9-5-2-6-10-21/h1-10,20,22-23H,11-18,25H2/q+1. The molecule has 5 rings (SSSR count). The Balaban J connectivity index is 1.30. The lowest BCUT2D eigenvalue weighted by Gasteiger charge is -2.52. The lowest BCUT2D eigenvalue weighted by atomic mass is 9.83. The van der Waals surface area contributed by atoms with E-state index < -0.39 is 6.04 Å². The lowest BCUT2D eigenvalue weighted by molar-refractivity contribution is -0.946. The molecule has 5 heteroatoms. The number of ether oxygens (including phenoxy) is 2. The van der Waals surface area contributed by atoms with Crippen molar-refractivity contribution in [2.75, 3.05) is 32.8 Å². The number of nitrogens with two attached hydrogens (primary N) is 1. The highest BCUT2D eigenvalue weighted by atomic mass is 16.5. The van der Waals surface area contributed by atoms with Crippen LogP contribution in [0.2, 0.25) is 0 Å². The summed E-state index contributed by atoms with van der Waals surface area (Å²) < 4.78 is 12.8. The smallest absolute Gasteiger partial charge is 0.323 e. The summed E-state index contributed by atoms with van der Waals surface area (Å²) in [5, 5.41) is 0. The lowest BCUT2D eigenvalue weighted by Crippen LogP contribution is -2.65. The van der Waals surface area contributed by atoms with Gasteiger partial charge in [-0.05, 0) is 24.1 Å². The highest BCUT2D eigenvalue weighted by Crippen LogP contribution is 2.35. The molecular formula is C24H31N2O3+. The maximum absolute atomic E-state index is 12.6. The zero-order valence-corrected chi connectivity index (χ0v) is 16.9. The molecule has 3 heterocycles. The Bertz CT molecular complexity index is 788. The maximum Gasteiger partial charge on any atom is 0.323 e. The summed E-state index contributed by atoms with van der Waals surface area (Å²) in [5.74, 6) is 1.11. The van der Waals surface area contributed by atoms with Gasteiger partial charge in [0.1, 0.15) is 31.5 Å². The number of nitrogens with zero attached hydrogens (tertiary/aromatic N) is 1. The minimum Gasteiger partial charge on any atom is -0.488 e. The van der Waals surface area contributed by atoms with Crippen molar-refractivity contribution in [2.24, 2.45) is 11.7 Å². The van der Waals surface area contributed by atoms with Crippen LogP contribution in [-0.4, -0.2) is 55.4 Å². The average Bonchev–Trinajstić information content (AvgIpc) is 2.76. The van der Waals surface area contributed by atoms with Crippen LogP contribution in [0.25, 0.3) is 0 Å². The van der Waals surface area contributed by atoms with Gasteiger partial charge in [0.05, 0.1) is 13.1 Å². The normalized spacial score (nSPS) is 26.7. The molecule has 29 heavy (non-hydrogen) atoms. The minimum absolute atomic E-state index is 0.0245. The van der Waals surface area contributed by atoms with Crippen LogP contribution in [0.5, 0.6) is 5.75 Å². The summed E-state index contributed by atoms with van der Waals surface area (Å²) in [6, 6.07) is 19.2. The first-order valence-electron chi connectivity index (χ1n) is 10.7. The molecule has 3 fully saturated rings. The van der Waals surface area contributed by atoms with E-state index in [1.165, 1.54) is 0 Å². The molecule has 3 aliphatic heterocycles. The Morgan fingerprint density at radius 2 is 1.69 bits per heavy atom. The molecule has 0 amide bonds. The number of carbonyl (C=O) groups excluding carboxylic acids is 1. The van der Waals surface area contributed by atoms with Gasteiger partial charge in [-0.3, -0.25) is 4.79 Å². The van der Waals surface area contributed by atoms with E-state index in [9.17, 15) is 4.79 Å². The molecule has 3 aliphatic rings. The second kappa shape index (κ2) is 8.97. The number of piperidine rings is 3. The molecule has 2 aromatic rings. The number of esters is 1. The van der Waals surface area contributed by atoms with Crippen molar-refractivity contribution in [3.63, 3.8) is 0 Å². The monoisotopic (exact) mass is 395 g/mol. The highest BCUT2D eigenvalue weighted by molar-refractivity contribution is 5.76. The molecule has 5 nitrogen and oxygen atoms in total. The van der Waals surface area contributed by atoms with Crippen LogP contribution < -0.4 is 10.5 Å². The fourth-order valence-electron chi connectivity index (χ4n) is 4.73. The van der Waals surface area contributed by atoms with Gasteiger partial charge in [0, 0.05) is 18.8 Å². The molecule has 3 saturated heterocycles. The predicted molar refractivity (Wildman–Crippen MR) is 112 cm³/mol. The fourth-order valence-corrected chi connectivity index (χ4v) is 4.73. The summed E-state index contributed by atoms with van der Waals surface area (Å²) in [6.45, 7) is 4.81. The van der Waals surface area contributed by atoms with Gasteiger partial charge in [-0.2, -0.15) is 0 Å². The van der Waals surface area contributed by atoms with E-state index in [2.05, 4.69) is 0 Å². The van der Waals surface area contributed by atoms with Gasteiger partial charge >= 0.3 is 5.97 Å². The number of benzene rings is 2. The van der Waals surface area contributed by atoms with Crippen molar-refractivity contribution >= 4 is 5.97 Å². The largest absolute Gasteiger partial charge is 0.488 e. The van der Waals surface area contributed by atoms with Gasteiger partial charge in [-0.25, -0.2) is 0 Å². The van der Waals surface area contributed by atoms with Crippen LogP contribution in [0.3, 0.4) is 0 Å². The molecule has 2 aromatic carbocycles. The molecule has 0 aromatic heterocycles.